The summed E-state index contributed by atoms with van der Waals surface area (Å²) in [6, 6.07) is 0.0273. The lowest BCUT2D eigenvalue weighted by Crippen LogP contribution is -2.32. The molecular formula is C20H29F3N4O3. The van der Waals surface area contributed by atoms with E-state index >= 15 is 0 Å². The number of aliphatic hydroxyl groups is 1. The maximum absolute atomic E-state index is 12.3. The normalized spacial score (nSPS) is 27.6. The van der Waals surface area contributed by atoms with Crippen molar-refractivity contribution in [2.75, 3.05) is 11.9 Å². The van der Waals surface area contributed by atoms with Crippen molar-refractivity contribution in [3.8, 4) is 0 Å². The van der Waals surface area contributed by atoms with Crippen molar-refractivity contribution in [2.24, 2.45) is 11.7 Å². The predicted octanol–water partition coefficient (Wildman–Crippen LogP) is 2.97. The number of aromatic nitrogens is 2. The molecule has 1 amide bonds. The van der Waals surface area contributed by atoms with Crippen LogP contribution in [0.4, 0.5) is 19.1 Å². The molecule has 10 heteroatoms. The number of carbonyl (C=O) groups excluding carboxylic acids is 1. The first kappa shape index (κ1) is 22.7. The summed E-state index contributed by atoms with van der Waals surface area (Å²) in [7, 11) is 0. The molecule has 2 aliphatic rings. The van der Waals surface area contributed by atoms with Crippen LogP contribution in [0.5, 0.6) is 0 Å². The number of halogens is 3. The lowest BCUT2D eigenvalue weighted by molar-refractivity contribution is -0.187. The molecule has 0 spiro atoms. The molecular weight excluding hydrogens is 401 g/mol. The topological polar surface area (TPSA) is 110 Å². The smallest absolute Gasteiger partial charge is 0.393 e. The third-order valence-electron chi connectivity index (χ3n) is 5.86. The fourth-order valence-corrected chi connectivity index (χ4v) is 4.34. The van der Waals surface area contributed by atoms with E-state index in [0.29, 0.717) is 50.2 Å². The summed E-state index contributed by atoms with van der Waals surface area (Å²) in [5.41, 5.74) is 6.33. The number of carbonyl (C=O) groups is 1. The lowest BCUT2D eigenvalue weighted by atomic mass is 9.84. The predicted molar refractivity (Wildman–Crippen MR) is 104 cm³/mol. The number of nitrogens with one attached hydrogen (secondary N) is 1. The molecule has 168 valence electrons. The summed E-state index contributed by atoms with van der Waals surface area (Å²) in [6.07, 6.45) is 2.66. The van der Waals surface area contributed by atoms with Gasteiger partial charge in [-0.15, -0.1) is 0 Å². The zero-order chi connectivity index (χ0) is 21.7. The van der Waals surface area contributed by atoms with E-state index in [0.717, 1.165) is 19.3 Å². The molecule has 0 aromatic carbocycles. The average Bonchev–Trinajstić information content (AvgIpc) is 2.67. The number of anilines is 1. The molecule has 7 nitrogen and oxygen atoms in total. The van der Waals surface area contributed by atoms with E-state index in [9.17, 15) is 23.1 Å². The highest BCUT2D eigenvalue weighted by atomic mass is 19.4. The first-order chi connectivity index (χ1) is 14.2. The van der Waals surface area contributed by atoms with E-state index in [1.165, 1.54) is 6.20 Å². The second-order valence-corrected chi connectivity index (χ2v) is 8.35. The maximum atomic E-state index is 12.3. The van der Waals surface area contributed by atoms with Gasteiger partial charge in [0.1, 0.15) is 6.61 Å². The molecule has 2 atom stereocenters. The first-order valence-electron chi connectivity index (χ1n) is 10.5. The van der Waals surface area contributed by atoms with Gasteiger partial charge >= 0.3 is 6.18 Å². The van der Waals surface area contributed by atoms with Crippen molar-refractivity contribution in [2.45, 2.75) is 82.2 Å². The van der Waals surface area contributed by atoms with E-state index < -0.39 is 24.8 Å². The van der Waals surface area contributed by atoms with Crippen LogP contribution in [0.15, 0.2) is 6.20 Å². The van der Waals surface area contributed by atoms with Gasteiger partial charge in [-0.25, -0.2) is 9.97 Å². The van der Waals surface area contributed by atoms with Crippen molar-refractivity contribution in [3.63, 3.8) is 0 Å². The number of rotatable bonds is 7. The number of hydrogen-bond donors (Lipinski definition) is 3. The van der Waals surface area contributed by atoms with Gasteiger partial charge in [-0.05, 0) is 57.3 Å². The van der Waals surface area contributed by atoms with Crippen molar-refractivity contribution < 1.29 is 27.8 Å². The Hall–Kier alpha value is -1.94. The van der Waals surface area contributed by atoms with Crippen molar-refractivity contribution in [3.05, 3.63) is 17.5 Å². The van der Waals surface area contributed by atoms with Gasteiger partial charge in [0.15, 0.2) is 0 Å². The number of alkyl halides is 3. The highest BCUT2D eigenvalue weighted by Gasteiger charge is 2.31. The molecule has 0 saturated heterocycles. The minimum absolute atomic E-state index is 0.0273. The Balaban J connectivity index is 1.58. The van der Waals surface area contributed by atoms with Crippen LogP contribution in [0.3, 0.4) is 0 Å². The number of aliphatic hydroxyl groups excluding tert-OH is 1. The SMILES string of the molecule is NC(=O)c1cnc(N[C@H]2CC[C@H](OCC(F)(F)F)CC2)nc1CC1CCC[C@@H](O)C1. The Morgan fingerprint density at radius 2 is 1.97 bits per heavy atom. The van der Waals surface area contributed by atoms with Gasteiger partial charge < -0.3 is 20.9 Å². The van der Waals surface area contributed by atoms with Gasteiger partial charge in [0.25, 0.3) is 5.91 Å². The number of primary amides is 1. The highest BCUT2D eigenvalue weighted by molar-refractivity contribution is 5.93. The van der Waals surface area contributed by atoms with Gasteiger partial charge in [-0.2, -0.15) is 13.2 Å². The Bertz CT molecular complexity index is 724. The van der Waals surface area contributed by atoms with Crippen LogP contribution in [0.2, 0.25) is 0 Å². The minimum Gasteiger partial charge on any atom is -0.393 e. The summed E-state index contributed by atoms with van der Waals surface area (Å²) >= 11 is 0. The maximum Gasteiger partial charge on any atom is 0.411 e. The zero-order valence-electron chi connectivity index (χ0n) is 16.8. The Morgan fingerprint density at radius 3 is 2.60 bits per heavy atom. The van der Waals surface area contributed by atoms with Gasteiger partial charge in [-0.3, -0.25) is 4.79 Å². The van der Waals surface area contributed by atoms with Gasteiger partial charge in [0, 0.05) is 12.2 Å². The second kappa shape index (κ2) is 9.91. The average molecular weight is 430 g/mol. The molecule has 0 aliphatic heterocycles. The van der Waals surface area contributed by atoms with Crippen LogP contribution in [0.1, 0.15) is 67.4 Å². The molecule has 4 N–H and O–H groups in total. The Kier molecular flexibility index (Phi) is 7.51. The molecule has 1 aromatic rings. The van der Waals surface area contributed by atoms with Gasteiger partial charge in [-0.1, -0.05) is 6.42 Å². The summed E-state index contributed by atoms with van der Waals surface area (Å²) in [4.78, 5) is 20.5. The van der Waals surface area contributed by atoms with E-state index in [-0.39, 0.29) is 23.6 Å². The second-order valence-electron chi connectivity index (χ2n) is 8.35. The molecule has 2 aliphatic carbocycles. The van der Waals surface area contributed by atoms with Crippen LogP contribution < -0.4 is 11.1 Å². The summed E-state index contributed by atoms with van der Waals surface area (Å²) < 4.78 is 41.8. The van der Waals surface area contributed by atoms with Crippen molar-refractivity contribution in [1.29, 1.82) is 0 Å². The monoisotopic (exact) mass is 430 g/mol. The zero-order valence-corrected chi connectivity index (χ0v) is 16.8. The number of hydrogen-bond acceptors (Lipinski definition) is 6. The fraction of sp³-hybridized carbons (Fsp3) is 0.750. The van der Waals surface area contributed by atoms with Crippen LogP contribution in [0.25, 0.3) is 0 Å². The van der Waals surface area contributed by atoms with E-state index in [1.54, 1.807) is 0 Å². The van der Waals surface area contributed by atoms with Crippen LogP contribution in [0, 0.1) is 5.92 Å². The number of ether oxygens (including phenoxy) is 1. The van der Waals surface area contributed by atoms with Crippen molar-refractivity contribution >= 4 is 11.9 Å². The first-order valence-corrected chi connectivity index (χ1v) is 10.5. The van der Waals surface area contributed by atoms with Crippen molar-refractivity contribution in [1.82, 2.24) is 9.97 Å². The summed E-state index contributed by atoms with van der Waals surface area (Å²) in [5, 5.41) is 13.1. The molecule has 2 saturated carbocycles. The van der Waals surface area contributed by atoms with E-state index in [1.807, 2.05) is 0 Å². The Morgan fingerprint density at radius 1 is 1.23 bits per heavy atom. The molecule has 1 unspecified atom stereocenters. The largest absolute Gasteiger partial charge is 0.411 e. The quantitative estimate of drug-likeness (QED) is 0.613. The Labute approximate surface area is 173 Å². The molecule has 0 radical (unpaired) electrons. The molecule has 30 heavy (non-hydrogen) atoms. The van der Waals surface area contributed by atoms with E-state index in [4.69, 9.17) is 10.5 Å². The lowest BCUT2D eigenvalue weighted by Gasteiger charge is -2.29. The molecule has 3 rings (SSSR count). The number of nitrogens with two attached hydrogens (primary N) is 1. The van der Waals surface area contributed by atoms with Crippen LogP contribution in [-0.4, -0.2) is 52.0 Å². The van der Waals surface area contributed by atoms with Crippen LogP contribution in [-0.2, 0) is 11.2 Å². The fourth-order valence-electron chi connectivity index (χ4n) is 4.34. The summed E-state index contributed by atoms with van der Waals surface area (Å²) in [6.45, 7) is -1.22. The van der Waals surface area contributed by atoms with Gasteiger partial charge in [0.05, 0.1) is 23.5 Å². The number of amides is 1. The highest BCUT2D eigenvalue weighted by Crippen LogP contribution is 2.29. The third kappa shape index (κ3) is 6.80. The molecule has 2 fully saturated rings. The van der Waals surface area contributed by atoms with E-state index in [2.05, 4.69) is 15.3 Å². The van der Waals surface area contributed by atoms with Gasteiger partial charge in [0.2, 0.25) is 5.95 Å². The summed E-state index contributed by atoms with van der Waals surface area (Å²) in [5.74, 6) is 0.0251. The standard InChI is InChI=1S/C20H29F3N4O3/c21-20(22,23)11-30-15-6-4-13(5-7-15)26-19-25-10-16(18(24)29)17(27-19)9-12-2-1-3-14(28)8-12/h10,12-15,28H,1-9,11H2,(H2,24,29)(H,25,26,27)/t12?,13-,14-,15-/m1/s1. The minimum atomic E-state index is -4.31. The molecule has 1 aromatic heterocycles. The number of nitrogens with zero attached hydrogens (tertiary/aromatic N) is 2. The van der Waals surface area contributed by atoms with Crippen LogP contribution >= 0.6 is 0 Å². The molecule has 0 bridgehead atoms. The molecule has 1 heterocycles. The third-order valence-corrected chi connectivity index (χ3v) is 5.86.